The molecular formula is C19H25N3O5S2. The average molecular weight is 440 g/mol. The largest absolute Gasteiger partial charge is 0.376 e. The van der Waals surface area contributed by atoms with Crippen LogP contribution in [0, 0.1) is 13.8 Å². The molecular weight excluding hydrogens is 414 g/mol. The van der Waals surface area contributed by atoms with E-state index < -0.39 is 19.9 Å². The molecule has 29 heavy (non-hydrogen) atoms. The Balaban J connectivity index is 2.13. The van der Waals surface area contributed by atoms with Crippen molar-refractivity contribution in [2.75, 3.05) is 41.0 Å². The second kappa shape index (κ2) is 8.42. The van der Waals surface area contributed by atoms with Crippen LogP contribution in [0.15, 0.2) is 41.3 Å². The Hall–Kier alpha value is -2.59. The Labute approximate surface area is 171 Å². The molecule has 0 saturated heterocycles. The highest BCUT2D eigenvalue weighted by Crippen LogP contribution is 2.25. The summed E-state index contributed by atoms with van der Waals surface area (Å²) in [7, 11) is -5.37. The van der Waals surface area contributed by atoms with Gasteiger partial charge in [0.05, 0.1) is 23.4 Å². The molecule has 2 N–H and O–H groups in total. The molecule has 158 valence electrons. The van der Waals surface area contributed by atoms with Gasteiger partial charge in [0.2, 0.25) is 15.9 Å². The summed E-state index contributed by atoms with van der Waals surface area (Å²) in [5.74, 6) is -0.356. The molecule has 0 spiro atoms. The standard InChI is InChI=1S/C19H25N3O5S2/c1-13-9-17(14(2)18(10-13)28(4,24)25)20-12-19(23)21-15-7-6-8-16(11-15)22(3)29(5,26)27/h6-11,20H,12H2,1-5H3,(H,21,23). The van der Waals surface area contributed by atoms with Crippen LogP contribution in [0.3, 0.4) is 0 Å². The van der Waals surface area contributed by atoms with Crippen molar-refractivity contribution in [3.8, 4) is 0 Å². The highest BCUT2D eigenvalue weighted by Gasteiger charge is 2.16. The molecule has 0 aliphatic carbocycles. The van der Waals surface area contributed by atoms with Crippen molar-refractivity contribution in [1.82, 2.24) is 0 Å². The number of sulfone groups is 1. The maximum atomic E-state index is 12.3. The van der Waals surface area contributed by atoms with Gasteiger partial charge in [0.1, 0.15) is 0 Å². The number of benzene rings is 2. The summed E-state index contributed by atoms with van der Waals surface area (Å²) in [6.07, 6.45) is 2.24. The summed E-state index contributed by atoms with van der Waals surface area (Å²) in [4.78, 5) is 12.5. The number of nitrogens with one attached hydrogen (secondary N) is 2. The number of nitrogens with zero attached hydrogens (tertiary/aromatic N) is 1. The third-order valence-electron chi connectivity index (χ3n) is 4.33. The molecule has 0 saturated carbocycles. The maximum absolute atomic E-state index is 12.3. The Morgan fingerprint density at radius 2 is 1.69 bits per heavy atom. The van der Waals surface area contributed by atoms with Crippen LogP contribution in [-0.2, 0) is 24.7 Å². The summed E-state index contributed by atoms with van der Waals surface area (Å²) in [5.41, 5.74) is 2.73. The van der Waals surface area contributed by atoms with Crippen molar-refractivity contribution in [1.29, 1.82) is 0 Å². The Morgan fingerprint density at radius 3 is 2.28 bits per heavy atom. The molecule has 0 aliphatic rings. The quantitative estimate of drug-likeness (QED) is 0.684. The normalized spacial score (nSPS) is 11.8. The number of rotatable bonds is 7. The molecule has 0 unspecified atom stereocenters. The Morgan fingerprint density at radius 1 is 1.03 bits per heavy atom. The zero-order valence-corrected chi connectivity index (χ0v) is 18.6. The van der Waals surface area contributed by atoms with Gasteiger partial charge in [-0.3, -0.25) is 9.10 Å². The first-order chi connectivity index (χ1) is 13.3. The lowest BCUT2D eigenvalue weighted by Crippen LogP contribution is -2.25. The minimum atomic E-state index is -3.41. The van der Waals surface area contributed by atoms with E-state index in [-0.39, 0.29) is 17.3 Å². The van der Waals surface area contributed by atoms with Crippen LogP contribution in [0.25, 0.3) is 0 Å². The van der Waals surface area contributed by atoms with Crippen LogP contribution in [0.1, 0.15) is 11.1 Å². The van der Waals surface area contributed by atoms with Crippen molar-refractivity contribution < 1.29 is 21.6 Å². The van der Waals surface area contributed by atoms with E-state index >= 15 is 0 Å². The number of carbonyl (C=O) groups is 1. The molecule has 2 rings (SSSR count). The molecule has 10 heteroatoms. The lowest BCUT2D eigenvalue weighted by molar-refractivity contribution is -0.114. The van der Waals surface area contributed by atoms with E-state index in [9.17, 15) is 21.6 Å². The number of hydrogen-bond acceptors (Lipinski definition) is 6. The van der Waals surface area contributed by atoms with Gasteiger partial charge in [0.15, 0.2) is 9.84 Å². The van der Waals surface area contributed by atoms with E-state index in [1.54, 1.807) is 50.2 Å². The molecule has 0 bridgehead atoms. The van der Waals surface area contributed by atoms with Gasteiger partial charge < -0.3 is 10.6 Å². The molecule has 8 nitrogen and oxygen atoms in total. The SMILES string of the molecule is Cc1cc(NCC(=O)Nc2cccc(N(C)S(C)(=O)=O)c2)c(C)c(S(C)(=O)=O)c1. The second-order valence-corrected chi connectivity index (χ2v) is 10.9. The van der Waals surface area contributed by atoms with Gasteiger partial charge in [-0.1, -0.05) is 6.07 Å². The Kier molecular flexibility index (Phi) is 6.59. The number of carbonyl (C=O) groups excluding carboxylic acids is 1. The first-order valence-electron chi connectivity index (χ1n) is 8.68. The molecule has 1 amide bonds. The highest BCUT2D eigenvalue weighted by molar-refractivity contribution is 7.92. The van der Waals surface area contributed by atoms with Crippen LogP contribution >= 0.6 is 0 Å². The summed E-state index contributed by atoms with van der Waals surface area (Å²) in [6.45, 7) is 3.38. The molecule has 0 aliphatic heterocycles. The summed E-state index contributed by atoms with van der Waals surface area (Å²) >= 11 is 0. The van der Waals surface area contributed by atoms with E-state index in [4.69, 9.17) is 0 Å². The van der Waals surface area contributed by atoms with Crippen molar-refractivity contribution in [2.45, 2.75) is 18.7 Å². The predicted octanol–water partition coefficient (Wildman–Crippen LogP) is 2.15. The molecule has 0 atom stereocenters. The average Bonchev–Trinajstić information content (AvgIpc) is 2.60. The van der Waals surface area contributed by atoms with Crippen molar-refractivity contribution in [3.63, 3.8) is 0 Å². The van der Waals surface area contributed by atoms with Crippen molar-refractivity contribution in [2.24, 2.45) is 0 Å². The van der Waals surface area contributed by atoms with Crippen molar-refractivity contribution in [3.05, 3.63) is 47.5 Å². The summed E-state index contributed by atoms with van der Waals surface area (Å²) in [5, 5.41) is 5.66. The fourth-order valence-corrected chi connectivity index (χ4v) is 4.31. The van der Waals surface area contributed by atoms with Gasteiger partial charge in [-0.25, -0.2) is 16.8 Å². The molecule has 0 radical (unpaired) electrons. The van der Waals surface area contributed by atoms with E-state index in [1.165, 1.54) is 7.05 Å². The summed E-state index contributed by atoms with van der Waals surface area (Å²) < 4.78 is 48.3. The molecule has 2 aromatic rings. The second-order valence-electron chi connectivity index (χ2n) is 6.89. The fraction of sp³-hybridized carbons (Fsp3) is 0.316. The predicted molar refractivity (Wildman–Crippen MR) is 116 cm³/mol. The zero-order valence-electron chi connectivity index (χ0n) is 17.0. The smallest absolute Gasteiger partial charge is 0.243 e. The third kappa shape index (κ3) is 5.94. The van der Waals surface area contributed by atoms with Crippen LogP contribution in [0.5, 0.6) is 0 Å². The van der Waals surface area contributed by atoms with Crippen LogP contribution in [0.2, 0.25) is 0 Å². The first-order valence-corrected chi connectivity index (χ1v) is 12.4. The van der Waals surface area contributed by atoms with E-state index in [0.29, 0.717) is 22.6 Å². The van der Waals surface area contributed by atoms with Gasteiger partial charge in [-0.05, 0) is 55.3 Å². The molecule has 0 aromatic heterocycles. The lowest BCUT2D eigenvalue weighted by atomic mass is 10.1. The fourth-order valence-electron chi connectivity index (χ4n) is 2.75. The minimum Gasteiger partial charge on any atom is -0.376 e. The maximum Gasteiger partial charge on any atom is 0.243 e. The van der Waals surface area contributed by atoms with Crippen LogP contribution < -0.4 is 14.9 Å². The van der Waals surface area contributed by atoms with E-state index in [1.807, 2.05) is 0 Å². The summed E-state index contributed by atoms with van der Waals surface area (Å²) in [6, 6.07) is 9.84. The number of aryl methyl sites for hydroxylation is 1. The highest BCUT2D eigenvalue weighted by atomic mass is 32.2. The van der Waals surface area contributed by atoms with Gasteiger partial charge >= 0.3 is 0 Å². The van der Waals surface area contributed by atoms with Gasteiger partial charge in [0, 0.05) is 24.7 Å². The number of anilines is 3. The topological polar surface area (TPSA) is 113 Å². The minimum absolute atomic E-state index is 0.0837. The monoisotopic (exact) mass is 439 g/mol. The molecule has 0 fully saturated rings. The van der Waals surface area contributed by atoms with Gasteiger partial charge in [-0.2, -0.15) is 0 Å². The van der Waals surface area contributed by atoms with E-state index in [2.05, 4.69) is 10.6 Å². The van der Waals surface area contributed by atoms with Crippen LogP contribution in [0.4, 0.5) is 17.1 Å². The van der Waals surface area contributed by atoms with E-state index in [0.717, 1.165) is 22.4 Å². The number of amides is 1. The first kappa shape index (κ1) is 22.7. The molecule has 2 aromatic carbocycles. The zero-order chi connectivity index (χ0) is 22.0. The van der Waals surface area contributed by atoms with Crippen molar-refractivity contribution >= 4 is 42.8 Å². The van der Waals surface area contributed by atoms with Crippen LogP contribution in [-0.4, -0.2) is 48.8 Å². The lowest BCUT2D eigenvalue weighted by Gasteiger charge is -2.18. The molecule has 0 heterocycles. The van der Waals surface area contributed by atoms with Gasteiger partial charge in [0.25, 0.3) is 0 Å². The number of sulfonamides is 1. The Bertz CT molecular complexity index is 1140. The third-order valence-corrected chi connectivity index (χ3v) is 6.76. The number of hydrogen-bond donors (Lipinski definition) is 2. The van der Waals surface area contributed by atoms with Gasteiger partial charge in [-0.15, -0.1) is 0 Å².